The third kappa shape index (κ3) is 4.70. The van der Waals surface area contributed by atoms with Crippen molar-refractivity contribution in [1.29, 1.82) is 0 Å². The monoisotopic (exact) mass is 406 g/mol. The molecule has 1 aromatic rings. The van der Waals surface area contributed by atoms with Crippen molar-refractivity contribution in [1.82, 2.24) is 4.90 Å². The number of nitrogens with zero attached hydrogens (tertiary/aromatic N) is 2. The smallest absolute Gasteiger partial charge is 0.342 e. The molecular formula is C19H26N4O6. The molecule has 1 aromatic carbocycles. The Morgan fingerprint density at radius 3 is 2.34 bits per heavy atom. The molecule has 1 saturated heterocycles. The second-order valence-corrected chi connectivity index (χ2v) is 8.00. The molecule has 0 unspecified atom stereocenters. The van der Waals surface area contributed by atoms with Crippen LogP contribution in [0, 0.1) is 10.1 Å². The maximum atomic E-state index is 13.2. The second-order valence-electron chi connectivity index (χ2n) is 8.00. The van der Waals surface area contributed by atoms with Crippen molar-refractivity contribution in [3.05, 3.63) is 34.4 Å². The van der Waals surface area contributed by atoms with E-state index >= 15 is 0 Å². The fraction of sp³-hybridized carbons (Fsp3) is 0.526. The number of likely N-dealkylation sites (tertiary alicyclic amines) is 1. The number of esters is 1. The minimum absolute atomic E-state index is 0.0825. The van der Waals surface area contributed by atoms with Gasteiger partial charge in [0, 0.05) is 24.4 Å². The van der Waals surface area contributed by atoms with Gasteiger partial charge in [0.25, 0.3) is 11.6 Å². The van der Waals surface area contributed by atoms with Gasteiger partial charge in [0.1, 0.15) is 5.60 Å². The number of hydrogen-bond acceptors (Lipinski definition) is 7. The Labute approximate surface area is 168 Å². The number of nitrogens with two attached hydrogens (primary N) is 1. The lowest BCUT2D eigenvalue weighted by Gasteiger charge is -2.37. The molecule has 1 aliphatic rings. The fourth-order valence-corrected chi connectivity index (χ4v) is 3.17. The summed E-state index contributed by atoms with van der Waals surface area (Å²) >= 11 is 0. The first kappa shape index (κ1) is 22.3. The van der Waals surface area contributed by atoms with Gasteiger partial charge in [-0.25, -0.2) is 4.79 Å². The van der Waals surface area contributed by atoms with E-state index in [0.29, 0.717) is 6.42 Å². The molecule has 1 aliphatic heterocycles. The van der Waals surface area contributed by atoms with Gasteiger partial charge in [-0.05, 0) is 52.7 Å². The van der Waals surface area contributed by atoms with Crippen LogP contribution in [0.1, 0.15) is 40.5 Å². The molecule has 1 heterocycles. The topological polar surface area (TPSA) is 145 Å². The normalized spacial score (nSPS) is 20.1. The molecule has 0 aromatic heterocycles. The van der Waals surface area contributed by atoms with E-state index in [1.165, 1.54) is 36.1 Å². The number of carbonyl (C=O) groups excluding carboxylic acids is 3. The maximum absolute atomic E-state index is 13.2. The average Bonchev–Trinajstić information content (AvgIpc) is 3.06. The van der Waals surface area contributed by atoms with Crippen molar-refractivity contribution in [3.8, 4) is 0 Å². The number of hydrogen-bond donors (Lipinski definition) is 2. The molecule has 1 fully saturated rings. The molecule has 0 aliphatic carbocycles. The van der Waals surface area contributed by atoms with Gasteiger partial charge in [0.15, 0.2) is 0 Å². The molecule has 158 valence electrons. The SMILES string of the molecule is C[C@H](N)C(=O)N1CCC[C@]1(C(=O)Nc1ccc([N+](=O)[O-])cc1)C(=O)OC(C)(C)C. The van der Waals surface area contributed by atoms with Crippen LogP contribution in [0.25, 0.3) is 0 Å². The highest BCUT2D eigenvalue weighted by molar-refractivity contribution is 6.15. The first-order valence-electron chi connectivity index (χ1n) is 9.25. The Hall–Kier alpha value is -3.01. The van der Waals surface area contributed by atoms with Gasteiger partial charge in [-0.3, -0.25) is 19.7 Å². The van der Waals surface area contributed by atoms with Crippen molar-refractivity contribution in [2.24, 2.45) is 5.73 Å². The minimum Gasteiger partial charge on any atom is -0.458 e. The number of rotatable bonds is 5. The highest BCUT2D eigenvalue weighted by atomic mass is 16.6. The molecule has 0 saturated carbocycles. The number of nitro groups is 1. The number of ether oxygens (including phenoxy) is 1. The first-order chi connectivity index (χ1) is 13.4. The van der Waals surface area contributed by atoms with Gasteiger partial charge in [-0.15, -0.1) is 0 Å². The van der Waals surface area contributed by atoms with Crippen LogP contribution in [0.5, 0.6) is 0 Å². The minimum atomic E-state index is -1.86. The zero-order valence-corrected chi connectivity index (χ0v) is 16.9. The number of nitro benzene ring substituents is 1. The van der Waals surface area contributed by atoms with E-state index in [0.717, 1.165) is 0 Å². The van der Waals surface area contributed by atoms with Crippen molar-refractivity contribution >= 4 is 29.2 Å². The van der Waals surface area contributed by atoms with Crippen LogP contribution in [-0.2, 0) is 19.1 Å². The molecule has 10 heteroatoms. The third-order valence-electron chi connectivity index (χ3n) is 4.48. The lowest BCUT2D eigenvalue weighted by Crippen LogP contribution is -2.63. The molecule has 29 heavy (non-hydrogen) atoms. The Morgan fingerprint density at radius 1 is 1.28 bits per heavy atom. The highest BCUT2D eigenvalue weighted by Crippen LogP contribution is 2.34. The number of anilines is 1. The lowest BCUT2D eigenvalue weighted by molar-refractivity contribution is -0.384. The van der Waals surface area contributed by atoms with E-state index in [1.54, 1.807) is 20.8 Å². The molecule has 2 amide bonds. The summed E-state index contributed by atoms with van der Waals surface area (Å²) in [6.45, 7) is 6.67. The molecule has 0 spiro atoms. The fourth-order valence-electron chi connectivity index (χ4n) is 3.17. The van der Waals surface area contributed by atoms with Crippen LogP contribution < -0.4 is 11.1 Å². The summed E-state index contributed by atoms with van der Waals surface area (Å²) in [6.07, 6.45) is 0.505. The molecule has 0 bridgehead atoms. The van der Waals surface area contributed by atoms with Gasteiger partial charge in [0.2, 0.25) is 11.4 Å². The summed E-state index contributed by atoms with van der Waals surface area (Å²) in [5.74, 6) is -2.12. The molecule has 2 atom stereocenters. The van der Waals surface area contributed by atoms with Gasteiger partial charge < -0.3 is 20.7 Å². The molecule has 3 N–H and O–H groups in total. The molecule has 10 nitrogen and oxygen atoms in total. The van der Waals surface area contributed by atoms with Gasteiger partial charge in [0.05, 0.1) is 11.0 Å². The van der Waals surface area contributed by atoms with Crippen molar-refractivity contribution in [2.75, 3.05) is 11.9 Å². The van der Waals surface area contributed by atoms with Crippen LogP contribution in [0.3, 0.4) is 0 Å². The number of benzene rings is 1. The summed E-state index contributed by atoms with van der Waals surface area (Å²) in [5.41, 5.74) is 3.10. The molecular weight excluding hydrogens is 380 g/mol. The zero-order chi connectivity index (χ0) is 22.0. The molecule has 2 rings (SSSR count). The van der Waals surface area contributed by atoms with Crippen molar-refractivity contribution in [2.45, 2.75) is 57.7 Å². The van der Waals surface area contributed by atoms with Gasteiger partial charge in [-0.2, -0.15) is 0 Å². The first-order valence-corrected chi connectivity index (χ1v) is 9.25. The summed E-state index contributed by atoms with van der Waals surface area (Å²) < 4.78 is 5.47. The lowest BCUT2D eigenvalue weighted by atomic mass is 9.93. The third-order valence-corrected chi connectivity index (χ3v) is 4.48. The van der Waals surface area contributed by atoms with Crippen LogP contribution in [0.15, 0.2) is 24.3 Å². The van der Waals surface area contributed by atoms with Crippen LogP contribution in [-0.4, -0.2) is 51.3 Å². The predicted octanol–water partition coefficient (Wildman–Crippen LogP) is 1.58. The summed E-state index contributed by atoms with van der Waals surface area (Å²) in [6, 6.07) is 4.27. The van der Waals surface area contributed by atoms with Crippen molar-refractivity contribution in [3.63, 3.8) is 0 Å². The van der Waals surface area contributed by atoms with E-state index in [2.05, 4.69) is 5.32 Å². The van der Waals surface area contributed by atoms with E-state index in [4.69, 9.17) is 10.5 Å². The number of amides is 2. The van der Waals surface area contributed by atoms with Crippen LogP contribution >= 0.6 is 0 Å². The Kier molecular flexibility index (Phi) is 6.27. The predicted molar refractivity (Wildman–Crippen MR) is 105 cm³/mol. The summed E-state index contributed by atoms with van der Waals surface area (Å²) in [4.78, 5) is 50.4. The Morgan fingerprint density at radius 2 is 1.86 bits per heavy atom. The maximum Gasteiger partial charge on any atom is 0.342 e. The second kappa shape index (κ2) is 8.16. The summed E-state index contributed by atoms with van der Waals surface area (Å²) in [7, 11) is 0. The average molecular weight is 406 g/mol. The molecule has 0 radical (unpaired) electrons. The van der Waals surface area contributed by atoms with E-state index in [1.807, 2.05) is 0 Å². The van der Waals surface area contributed by atoms with Crippen molar-refractivity contribution < 1.29 is 24.0 Å². The Bertz CT molecular complexity index is 815. The standard InChI is InChI=1S/C19H26N4O6/c1-12(20)15(24)22-11-5-10-19(22,17(26)29-18(2,3)4)16(25)21-13-6-8-14(9-7-13)23(27)28/h6-9,12H,5,10-11,20H2,1-4H3,(H,21,25)/t12-,19-/m0/s1. The summed E-state index contributed by atoms with van der Waals surface area (Å²) in [5, 5.41) is 13.4. The van der Waals surface area contributed by atoms with E-state index < -0.39 is 39.9 Å². The highest BCUT2D eigenvalue weighted by Gasteiger charge is 2.58. The van der Waals surface area contributed by atoms with Crippen LogP contribution in [0.4, 0.5) is 11.4 Å². The van der Waals surface area contributed by atoms with Gasteiger partial charge >= 0.3 is 5.97 Å². The van der Waals surface area contributed by atoms with E-state index in [9.17, 15) is 24.5 Å². The van der Waals surface area contributed by atoms with Crippen LogP contribution in [0.2, 0.25) is 0 Å². The number of carbonyl (C=O) groups is 3. The Balaban J connectivity index is 2.41. The number of nitrogens with one attached hydrogen (secondary N) is 1. The zero-order valence-electron chi connectivity index (χ0n) is 16.9. The van der Waals surface area contributed by atoms with Gasteiger partial charge in [-0.1, -0.05) is 0 Å². The number of non-ortho nitro benzene ring substituents is 1. The largest absolute Gasteiger partial charge is 0.458 e. The quantitative estimate of drug-likeness (QED) is 0.327. The van der Waals surface area contributed by atoms with E-state index in [-0.39, 0.29) is 24.3 Å².